The van der Waals surface area contributed by atoms with Crippen LogP contribution in [0.5, 0.6) is 0 Å². The van der Waals surface area contributed by atoms with Gasteiger partial charge in [0.25, 0.3) is 5.91 Å². The van der Waals surface area contributed by atoms with Crippen molar-refractivity contribution in [2.24, 2.45) is 0 Å². The van der Waals surface area contributed by atoms with Gasteiger partial charge in [0.15, 0.2) is 5.16 Å². The minimum Gasteiger partial charge on any atom is -0.356 e. The van der Waals surface area contributed by atoms with Crippen molar-refractivity contribution in [3.05, 3.63) is 39.2 Å². The quantitative estimate of drug-likeness (QED) is 0.390. The lowest BCUT2D eigenvalue weighted by Gasteiger charge is -2.28. The van der Waals surface area contributed by atoms with Gasteiger partial charge in [-0.25, -0.2) is 9.97 Å². The van der Waals surface area contributed by atoms with Crippen LogP contribution in [0, 0.1) is 0 Å². The molecule has 0 saturated carbocycles. The van der Waals surface area contributed by atoms with Gasteiger partial charge < -0.3 is 10.2 Å². The second-order valence-electron chi connectivity index (χ2n) is 6.49. The fraction of sp³-hybridized carbons (Fsp3) is 0.316. The Morgan fingerprint density at radius 3 is 2.68 bits per heavy atom. The van der Waals surface area contributed by atoms with Gasteiger partial charge in [-0.05, 0) is 49.8 Å². The number of nitrogens with one attached hydrogen (secondary N) is 1. The Hall–Kier alpha value is -1.54. The van der Waals surface area contributed by atoms with Gasteiger partial charge in [0.05, 0.1) is 21.0 Å². The van der Waals surface area contributed by atoms with E-state index in [1.54, 1.807) is 18.2 Å². The molecule has 146 valence electrons. The van der Waals surface area contributed by atoms with Gasteiger partial charge in [0, 0.05) is 18.1 Å². The van der Waals surface area contributed by atoms with Crippen LogP contribution in [-0.2, 0) is 0 Å². The molecule has 1 aliphatic heterocycles. The lowest BCUT2D eigenvalue weighted by molar-refractivity contribution is 0.103. The van der Waals surface area contributed by atoms with Crippen molar-refractivity contribution in [3.8, 4) is 0 Å². The zero-order chi connectivity index (χ0) is 19.7. The number of aromatic nitrogens is 2. The maximum absolute atomic E-state index is 12.8. The number of amides is 1. The normalized spacial score (nSPS) is 14.5. The molecular formula is C19H18Cl2N4OS2. The summed E-state index contributed by atoms with van der Waals surface area (Å²) < 4.78 is 0. The van der Waals surface area contributed by atoms with Gasteiger partial charge in [0.1, 0.15) is 10.6 Å². The zero-order valence-electron chi connectivity index (χ0n) is 15.2. The molecule has 1 aliphatic rings. The van der Waals surface area contributed by atoms with Crippen molar-refractivity contribution in [1.29, 1.82) is 0 Å². The molecule has 1 amide bonds. The van der Waals surface area contributed by atoms with Gasteiger partial charge in [0.2, 0.25) is 0 Å². The van der Waals surface area contributed by atoms with Crippen molar-refractivity contribution < 1.29 is 4.79 Å². The van der Waals surface area contributed by atoms with Crippen LogP contribution >= 0.6 is 46.3 Å². The summed E-state index contributed by atoms with van der Waals surface area (Å²) in [6.45, 7) is 1.97. The maximum Gasteiger partial charge on any atom is 0.265 e. The molecule has 0 radical (unpaired) electrons. The first-order valence-corrected chi connectivity index (χ1v) is 11.7. The first-order valence-electron chi connectivity index (χ1n) is 8.92. The molecule has 1 fully saturated rings. The van der Waals surface area contributed by atoms with Gasteiger partial charge in [-0.2, -0.15) is 0 Å². The van der Waals surface area contributed by atoms with Crippen LogP contribution < -0.4 is 10.2 Å². The molecule has 0 spiro atoms. The third-order valence-electron chi connectivity index (χ3n) is 4.59. The molecule has 3 aromatic rings. The number of halogens is 2. The Kier molecular flexibility index (Phi) is 5.96. The number of thiophene rings is 1. The van der Waals surface area contributed by atoms with Crippen LogP contribution in [0.4, 0.5) is 11.5 Å². The molecule has 0 atom stereocenters. The van der Waals surface area contributed by atoms with E-state index in [1.165, 1.54) is 29.5 Å². The van der Waals surface area contributed by atoms with Crippen molar-refractivity contribution in [1.82, 2.24) is 9.97 Å². The first-order chi connectivity index (χ1) is 13.5. The topological polar surface area (TPSA) is 58.1 Å². The highest BCUT2D eigenvalue weighted by atomic mass is 35.5. The number of hydrogen-bond acceptors (Lipinski definition) is 6. The molecule has 0 bridgehead atoms. The summed E-state index contributed by atoms with van der Waals surface area (Å²) in [5, 5.41) is 5.44. The Balaban J connectivity index is 1.69. The molecule has 0 unspecified atom stereocenters. The monoisotopic (exact) mass is 452 g/mol. The Morgan fingerprint density at radius 2 is 1.96 bits per heavy atom. The predicted molar refractivity (Wildman–Crippen MR) is 120 cm³/mol. The molecule has 3 heterocycles. The highest BCUT2D eigenvalue weighted by Gasteiger charge is 2.21. The van der Waals surface area contributed by atoms with Crippen LogP contribution in [-0.4, -0.2) is 35.2 Å². The van der Waals surface area contributed by atoms with Crippen LogP contribution in [0.15, 0.2) is 29.4 Å². The minimum atomic E-state index is -0.220. The summed E-state index contributed by atoms with van der Waals surface area (Å²) in [6.07, 6.45) is 5.53. The van der Waals surface area contributed by atoms with E-state index in [0.29, 0.717) is 20.6 Å². The fourth-order valence-corrected chi connectivity index (χ4v) is 5.01. The van der Waals surface area contributed by atoms with Gasteiger partial charge in [-0.15, -0.1) is 11.3 Å². The van der Waals surface area contributed by atoms with Crippen molar-refractivity contribution in [3.63, 3.8) is 0 Å². The van der Waals surface area contributed by atoms with E-state index in [-0.39, 0.29) is 5.91 Å². The van der Waals surface area contributed by atoms with E-state index in [1.807, 2.05) is 12.3 Å². The van der Waals surface area contributed by atoms with Crippen molar-refractivity contribution >= 4 is 73.9 Å². The van der Waals surface area contributed by atoms with Gasteiger partial charge in [-0.1, -0.05) is 35.0 Å². The number of piperidine rings is 1. The number of hydrogen-bond donors (Lipinski definition) is 1. The fourth-order valence-electron chi connectivity index (χ4n) is 3.21. The molecule has 1 aromatic carbocycles. The number of rotatable bonds is 4. The SMILES string of the molecule is CSc1nc(N2CCCCC2)c2cc(C(=O)Nc3ccc(Cl)cc3Cl)sc2n1. The number of carbonyl (C=O) groups is 1. The molecule has 9 heteroatoms. The van der Waals surface area contributed by atoms with E-state index in [9.17, 15) is 4.79 Å². The van der Waals surface area contributed by atoms with Crippen molar-refractivity contribution in [2.45, 2.75) is 24.4 Å². The lowest BCUT2D eigenvalue weighted by Crippen LogP contribution is -2.30. The highest BCUT2D eigenvalue weighted by Crippen LogP contribution is 2.34. The number of carbonyl (C=O) groups excluding carboxylic acids is 1. The van der Waals surface area contributed by atoms with E-state index in [4.69, 9.17) is 28.2 Å². The van der Waals surface area contributed by atoms with Crippen LogP contribution in [0.3, 0.4) is 0 Å². The molecular weight excluding hydrogens is 435 g/mol. The molecule has 5 nitrogen and oxygen atoms in total. The Labute approximate surface area is 181 Å². The second kappa shape index (κ2) is 8.45. The van der Waals surface area contributed by atoms with E-state index < -0.39 is 0 Å². The van der Waals surface area contributed by atoms with E-state index in [2.05, 4.69) is 15.2 Å². The Bertz CT molecular complexity index is 1030. The summed E-state index contributed by atoms with van der Waals surface area (Å²) in [5.41, 5.74) is 0.528. The molecule has 28 heavy (non-hydrogen) atoms. The van der Waals surface area contributed by atoms with Gasteiger partial charge in [-0.3, -0.25) is 4.79 Å². The first kappa shape index (κ1) is 19.8. The number of benzene rings is 1. The van der Waals surface area contributed by atoms with E-state index in [0.717, 1.165) is 47.1 Å². The average Bonchev–Trinajstić information content (AvgIpc) is 3.14. The third kappa shape index (κ3) is 4.08. The summed E-state index contributed by atoms with van der Waals surface area (Å²) in [6, 6.07) is 6.88. The maximum atomic E-state index is 12.8. The van der Waals surface area contributed by atoms with Crippen LogP contribution in [0.2, 0.25) is 10.0 Å². The summed E-state index contributed by atoms with van der Waals surface area (Å²) in [4.78, 5) is 25.9. The van der Waals surface area contributed by atoms with Crippen LogP contribution in [0.1, 0.15) is 28.9 Å². The van der Waals surface area contributed by atoms with Gasteiger partial charge >= 0.3 is 0 Å². The van der Waals surface area contributed by atoms with Crippen molar-refractivity contribution in [2.75, 3.05) is 29.6 Å². The summed E-state index contributed by atoms with van der Waals surface area (Å²) in [7, 11) is 0. The second-order valence-corrected chi connectivity index (χ2v) is 9.14. The largest absolute Gasteiger partial charge is 0.356 e. The molecule has 1 N–H and O–H groups in total. The summed E-state index contributed by atoms with van der Waals surface area (Å²) in [5.74, 6) is 0.705. The lowest BCUT2D eigenvalue weighted by atomic mass is 10.1. The molecule has 2 aromatic heterocycles. The van der Waals surface area contributed by atoms with Crippen LogP contribution in [0.25, 0.3) is 10.2 Å². The molecule has 4 rings (SSSR count). The number of nitrogens with zero attached hydrogens (tertiary/aromatic N) is 3. The summed E-state index contributed by atoms with van der Waals surface area (Å²) >= 11 is 15.0. The number of thioether (sulfide) groups is 1. The Morgan fingerprint density at radius 1 is 1.18 bits per heavy atom. The average molecular weight is 453 g/mol. The third-order valence-corrected chi connectivity index (χ3v) is 6.72. The highest BCUT2D eigenvalue weighted by molar-refractivity contribution is 7.98. The predicted octanol–water partition coefficient (Wildman–Crippen LogP) is 5.96. The zero-order valence-corrected chi connectivity index (χ0v) is 18.3. The molecule has 1 saturated heterocycles. The molecule has 0 aliphatic carbocycles. The smallest absolute Gasteiger partial charge is 0.265 e. The number of fused-ring (bicyclic) bond motifs is 1. The minimum absolute atomic E-state index is 0.220. The van der Waals surface area contributed by atoms with E-state index >= 15 is 0 Å². The standard InChI is InChI=1S/C19H18Cl2N4OS2/c1-27-19-23-16(25-7-3-2-4-8-25)12-10-15(28-18(12)24-19)17(26)22-14-6-5-11(20)9-13(14)21/h5-6,9-10H,2-4,7-8H2,1H3,(H,22,26). The number of anilines is 2.